The van der Waals surface area contributed by atoms with Gasteiger partial charge in [-0.2, -0.15) is 0 Å². The van der Waals surface area contributed by atoms with E-state index in [9.17, 15) is 0 Å². The largest absolute Gasteiger partial charge is 0.309 e. The molecule has 1 spiro atoms. The lowest BCUT2D eigenvalue weighted by molar-refractivity contribution is 0.382. The third kappa shape index (κ3) is 2.28. The Morgan fingerprint density at radius 3 is 2.16 bits per heavy atom. The summed E-state index contributed by atoms with van der Waals surface area (Å²) in [4.78, 5) is 0. The molecule has 44 heavy (non-hydrogen) atoms. The zero-order valence-electron chi connectivity index (χ0n) is 24.4. The molecule has 5 aromatic carbocycles. The average molecular weight is 563 g/mol. The van der Waals surface area contributed by atoms with E-state index in [4.69, 9.17) is 0 Å². The molecule has 7 aromatic rings. The minimum Gasteiger partial charge on any atom is -0.309 e. The molecule has 2 aromatic heterocycles. The summed E-state index contributed by atoms with van der Waals surface area (Å²) in [5.41, 5.74) is 16.0. The molecule has 208 valence electrons. The molecule has 3 aliphatic carbocycles. The molecule has 0 amide bonds. The van der Waals surface area contributed by atoms with Crippen LogP contribution in [0.4, 0.5) is 0 Å². The third-order valence-electron chi connectivity index (χ3n) is 12.3. The molecule has 4 heterocycles. The van der Waals surface area contributed by atoms with Crippen LogP contribution in [0.25, 0.3) is 55.0 Å². The summed E-state index contributed by atoms with van der Waals surface area (Å²) in [6.45, 7) is 0. The molecule has 1 saturated carbocycles. The quantitative estimate of drug-likeness (QED) is 0.188. The minimum atomic E-state index is -0.154. The van der Waals surface area contributed by atoms with E-state index in [-0.39, 0.29) is 5.41 Å². The SMILES string of the molecule is C1=CCC(c2ccc3c(c2)C24c5c(ccc6c7ccccc7n(c56)-c5ccc6c7ccccc7n-3c6c52)C2CCCC24)C=C1. The van der Waals surface area contributed by atoms with Crippen molar-refractivity contribution in [3.8, 4) is 11.4 Å². The summed E-state index contributed by atoms with van der Waals surface area (Å²) in [6, 6.07) is 35.7. The lowest BCUT2D eigenvalue weighted by Gasteiger charge is -2.46. The number of rotatable bonds is 1. The van der Waals surface area contributed by atoms with Crippen molar-refractivity contribution in [2.45, 2.75) is 42.9 Å². The zero-order chi connectivity index (χ0) is 28.3. The Balaban J connectivity index is 1.37. The molecule has 2 heteroatoms. The highest BCUT2D eigenvalue weighted by atomic mass is 15.1. The number of benzene rings is 5. The molecule has 0 bridgehead atoms. The molecular formula is C42H30N2. The summed E-state index contributed by atoms with van der Waals surface area (Å²) in [5.74, 6) is 1.60. The van der Waals surface area contributed by atoms with Crippen molar-refractivity contribution >= 4 is 43.6 Å². The van der Waals surface area contributed by atoms with E-state index in [1.54, 1.807) is 22.3 Å². The van der Waals surface area contributed by atoms with Gasteiger partial charge in [-0.1, -0.05) is 97.5 Å². The third-order valence-corrected chi connectivity index (χ3v) is 12.3. The first kappa shape index (κ1) is 22.7. The minimum absolute atomic E-state index is 0.154. The zero-order valence-corrected chi connectivity index (χ0v) is 24.4. The van der Waals surface area contributed by atoms with Crippen LogP contribution in [0, 0.1) is 5.92 Å². The fourth-order valence-corrected chi connectivity index (χ4v) is 10.9. The summed E-state index contributed by atoms with van der Waals surface area (Å²) < 4.78 is 5.30. The van der Waals surface area contributed by atoms with Gasteiger partial charge in [0, 0.05) is 33.0 Å². The Hall–Kier alpha value is -4.82. The number of hydrogen-bond acceptors (Lipinski definition) is 0. The second-order valence-electron chi connectivity index (χ2n) is 13.9. The van der Waals surface area contributed by atoms with Gasteiger partial charge in [0.1, 0.15) is 0 Å². The van der Waals surface area contributed by atoms with Gasteiger partial charge in [-0.15, -0.1) is 0 Å². The number of hydrogen-bond donors (Lipinski definition) is 0. The molecule has 1 fully saturated rings. The summed E-state index contributed by atoms with van der Waals surface area (Å²) in [5, 5.41) is 5.54. The first-order valence-electron chi connectivity index (χ1n) is 16.5. The van der Waals surface area contributed by atoms with Crippen LogP contribution in [0.5, 0.6) is 0 Å². The Morgan fingerprint density at radius 2 is 1.36 bits per heavy atom. The van der Waals surface area contributed by atoms with Crippen LogP contribution in [0.15, 0.2) is 115 Å². The topological polar surface area (TPSA) is 9.86 Å². The van der Waals surface area contributed by atoms with Crippen LogP contribution in [0.1, 0.15) is 65.3 Å². The van der Waals surface area contributed by atoms with E-state index in [1.807, 2.05) is 0 Å². The molecule has 0 radical (unpaired) electrons. The van der Waals surface area contributed by atoms with Crippen molar-refractivity contribution in [1.29, 1.82) is 0 Å². The van der Waals surface area contributed by atoms with E-state index in [1.165, 1.54) is 79.8 Å². The highest BCUT2D eigenvalue weighted by molar-refractivity contribution is 6.17. The number of nitrogens with zero attached hydrogens (tertiary/aromatic N) is 2. The maximum absolute atomic E-state index is 2.66. The molecule has 12 rings (SSSR count). The van der Waals surface area contributed by atoms with E-state index in [0.717, 1.165) is 6.42 Å². The van der Waals surface area contributed by atoms with Crippen LogP contribution in [0.2, 0.25) is 0 Å². The van der Waals surface area contributed by atoms with Crippen molar-refractivity contribution in [3.63, 3.8) is 0 Å². The summed E-state index contributed by atoms with van der Waals surface area (Å²) >= 11 is 0. The van der Waals surface area contributed by atoms with Crippen LogP contribution in [-0.4, -0.2) is 9.13 Å². The monoisotopic (exact) mass is 562 g/mol. The smallest absolute Gasteiger partial charge is 0.0606 e. The molecule has 0 N–H and O–H groups in total. The predicted octanol–water partition coefficient (Wildman–Crippen LogP) is 10.3. The number of para-hydroxylation sites is 2. The van der Waals surface area contributed by atoms with E-state index < -0.39 is 0 Å². The highest BCUT2D eigenvalue weighted by Gasteiger charge is 2.61. The normalized spacial score (nSPS) is 25.0. The van der Waals surface area contributed by atoms with Gasteiger partial charge in [-0.3, -0.25) is 0 Å². The molecule has 5 aliphatic rings. The molecule has 2 nitrogen and oxygen atoms in total. The first-order chi connectivity index (χ1) is 21.9. The Bertz CT molecular complexity index is 2530. The van der Waals surface area contributed by atoms with Gasteiger partial charge in [-0.25, -0.2) is 0 Å². The van der Waals surface area contributed by atoms with Gasteiger partial charge >= 0.3 is 0 Å². The van der Waals surface area contributed by atoms with Crippen LogP contribution >= 0.6 is 0 Å². The van der Waals surface area contributed by atoms with Gasteiger partial charge in [0.05, 0.1) is 38.9 Å². The van der Waals surface area contributed by atoms with Crippen molar-refractivity contribution in [3.05, 3.63) is 143 Å². The van der Waals surface area contributed by atoms with Gasteiger partial charge in [-0.05, 0) is 77.6 Å². The van der Waals surface area contributed by atoms with Crippen LogP contribution < -0.4 is 0 Å². The summed E-state index contributed by atoms with van der Waals surface area (Å²) in [6.07, 6.45) is 14.1. The summed E-state index contributed by atoms with van der Waals surface area (Å²) in [7, 11) is 0. The molecule has 0 saturated heterocycles. The lowest BCUT2D eigenvalue weighted by Crippen LogP contribution is -2.41. The fourth-order valence-electron chi connectivity index (χ4n) is 10.9. The van der Waals surface area contributed by atoms with Crippen molar-refractivity contribution < 1.29 is 0 Å². The van der Waals surface area contributed by atoms with Crippen molar-refractivity contribution in [2.24, 2.45) is 5.92 Å². The second-order valence-corrected chi connectivity index (χ2v) is 13.9. The van der Waals surface area contributed by atoms with Crippen molar-refractivity contribution in [1.82, 2.24) is 9.13 Å². The molecular weight excluding hydrogens is 532 g/mol. The molecule has 2 aliphatic heterocycles. The Morgan fingerprint density at radius 1 is 0.636 bits per heavy atom. The van der Waals surface area contributed by atoms with E-state index in [2.05, 4.69) is 124 Å². The van der Waals surface area contributed by atoms with E-state index >= 15 is 0 Å². The number of fused-ring (bicyclic) bond motifs is 11. The molecule has 4 unspecified atom stereocenters. The maximum Gasteiger partial charge on any atom is 0.0606 e. The maximum atomic E-state index is 2.66. The van der Waals surface area contributed by atoms with Gasteiger partial charge in [0.2, 0.25) is 0 Å². The van der Waals surface area contributed by atoms with E-state index in [0.29, 0.717) is 17.8 Å². The second kappa shape index (κ2) is 7.45. The predicted molar refractivity (Wildman–Crippen MR) is 181 cm³/mol. The number of aromatic nitrogens is 2. The van der Waals surface area contributed by atoms with Crippen LogP contribution in [0.3, 0.4) is 0 Å². The number of allylic oxidation sites excluding steroid dienone is 4. The molecule has 4 atom stereocenters. The first-order valence-corrected chi connectivity index (χ1v) is 16.5. The van der Waals surface area contributed by atoms with Crippen molar-refractivity contribution in [2.75, 3.05) is 0 Å². The van der Waals surface area contributed by atoms with Gasteiger partial charge in [0.15, 0.2) is 0 Å². The Labute approximate surface area is 255 Å². The highest BCUT2D eigenvalue weighted by Crippen LogP contribution is 2.70. The van der Waals surface area contributed by atoms with Crippen LogP contribution in [-0.2, 0) is 5.41 Å². The Kier molecular flexibility index (Phi) is 3.84. The lowest BCUT2D eigenvalue weighted by atomic mass is 9.60. The standard InChI is InChI=1S/C42H30N2/c1-2-9-24(10-3-1)25-17-21-36-33(23-25)42-32-14-8-13-26(32)29-18-19-30-27-11-5-7-16-35(27)44(40(30)38(29)42)37-22-20-31-28-12-4-6-15-34(28)43(36)41(31)39(37)42/h1-7,9,11-12,15-24,26,32H,8,10,13-14H2. The van der Waals surface area contributed by atoms with Gasteiger partial charge in [0.25, 0.3) is 0 Å². The average Bonchev–Trinajstić information content (AvgIpc) is 3.84. The fraction of sp³-hybridized carbons (Fsp3) is 0.190. The van der Waals surface area contributed by atoms with Gasteiger partial charge < -0.3 is 9.13 Å².